The van der Waals surface area contributed by atoms with Gasteiger partial charge in [0, 0.05) is 18.7 Å². The van der Waals surface area contributed by atoms with E-state index in [0.717, 1.165) is 12.8 Å². The Balaban J connectivity index is 1.98. The SMILES string of the molecule is N#CCC1(n2cc(C(N)=O)c(NC(=O)C3CC3)n2)CCNCC1F. The second-order valence-electron chi connectivity index (χ2n) is 6.32. The van der Waals surface area contributed by atoms with Gasteiger partial charge in [-0.3, -0.25) is 14.3 Å². The molecule has 2 heterocycles. The van der Waals surface area contributed by atoms with Crippen LogP contribution in [0.4, 0.5) is 10.2 Å². The Morgan fingerprint density at radius 1 is 1.58 bits per heavy atom. The molecule has 0 spiro atoms. The summed E-state index contributed by atoms with van der Waals surface area (Å²) in [7, 11) is 0. The van der Waals surface area contributed by atoms with Crippen LogP contribution in [0.5, 0.6) is 0 Å². The van der Waals surface area contributed by atoms with Crippen molar-refractivity contribution < 1.29 is 14.0 Å². The zero-order valence-corrected chi connectivity index (χ0v) is 13.1. The van der Waals surface area contributed by atoms with E-state index in [0.29, 0.717) is 13.0 Å². The number of nitrogens with one attached hydrogen (secondary N) is 2. The Kier molecular flexibility index (Phi) is 4.24. The minimum Gasteiger partial charge on any atom is -0.365 e. The number of amides is 2. The van der Waals surface area contributed by atoms with Crippen LogP contribution in [0.25, 0.3) is 0 Å². The summed E-state index contributed by atoms with van der Waals surface area (Å²) < 4.78 is 15.9. The van der Waals surface area contributed by atoms with Gasteiger partial charge in [-0.1, -0.05) is 0 Å². The number of anilines is 1. The number of halogens is 1. The molecule has 1 saturated carbocycles. The smallest absolute Gasteiger partial charge is 0.254 e. The van der Waals surface area contributed by atoms with Crippen LogP contribution >= 0.6 is 0 Å². The van der Waals surface area contributed by atoms with E-state index in [1.807, 2.05) is 6.07 Å². The second-order valence-corrected chi connectivity index (χ2v) is 6.32. The molecule has 1 saturated heterocycles. The van der Waals surface area contributed by atoms with E-state index >= 15 is 0 Å². The Morgan fingerprint density at radius 2 is 2.33 bits per heavy atom. The maximum Gasteiger partial charge on any atom is 0.254 e. The molecule has 9 heteroatoms. The van der Waals surface area contributed by atoms with Gasteiger partial charge in [-0.25, -0.2) is 4.39 Å². The largest absolute Gasteiger partial charge is 0.365 e. The lowest BCUT2D eigenvalue weighted by Gasteiger charge is -2.39. The fourth-order valence-corrected chi connectivity index (χ4v) is 2.99. The highest BCUT2D eigenvalue weighted by molar-refractivity contribution is 6.02. The molecule has 0 aromatic carbocycles. The van der Waals surface area contributed by atoms with Crippen molar-refractivity contribution in [1.82, 2.24) is 15.1 Å². The number of carbonyl (C=O) groups excluding carboxylic acids is 2. The molecular weight excluding hydrogens is 315 g/mol. The van der Waals surface area contributed by atoms with Crippen LogP contribution in [-0.2, 0) is 10.3 Å². The Morgan fingerprint density at radius 3 is 2.92 bits per heavy atom. The predicted octanol–water partition coefficient (Wildman–Crippen LogP) is 0.271. The maximum absolute atomic E-state index is 14.6. The van der Waals surface area contributed by atoms with Gasteiger partial charge in [0.05, 0.1) is 12.5 Å². The Hall–Kier alpha value is -2.47. The van der Waals surface area contributed by atoms with Crippen molar-refractivity contribution >= 4 is 17.6 Å². The first-order valence-corrected chi connectivity index (χ1v) is 7.90. The molecule has 0 bridgehead atoms. The van der Waals surface area contributed by atoms with Gasteiger partial charge < -0.3 is 16.4 Å². The summed E-state index contributed by atoms with van der Waals surface area (Å²) >= 11 is 0. The average Bonchev–Trinajstić information content (AvgIpc) is 3.31. The lowest BCUT2D eigenvalue weighted by Crippen LogP contribution is -2.53. The van der Waals surface area contributed by atoms with Crippen molar-refractivity contribution in [3.05, 3.63) is 11.8 Å². The molecule has 2 aliphatic rings. The monoisotopic (exact) mass is 334 g/mol. The highest BCUT2D eigenvalue weighted by Gasteiger charge is 2.44. The number of hydrogen-bond donors (Lipinski definition) is 3. The summed E-state index contributed by atoms with van der Waals surface area (Å²) in [4.78, 5) is 23.6. The van der Waals surface area contributed by atoms with E-state index < -0.39 is 17.6 Å². The van der Waals surface area contributed by atoms with Crippen LogP contribution in [0.3, 0.4) is 0 Å². The van der Waals surface area contributed by atoms with Gasteiger partial charge in [0.2, 0.25) is 5.91 Å². The highest BCUT2D eigenvalue weighted by Crippen LogP contribution is 2.35. The molecule has 0 radical (unpaired) electrons. The van der Waals surface area contributed by atoms with Gasteiger partial charge in [0.25, 0.3) is 5.91 Å². The minimum absolute atomic E-state index is 0.0204. The normalized spacial score (nSPS) is 26.6. The molecule has 24 heavy (non-hydrogen) atoms. The molecule has 1 aromatic rings. The third-order valence-electron chi connectivity index (χ3n) is 4.65. The Labute approximate surface area is 138 Å². The number of primary amides is 1. The number of nitrogens with two attached hydrogens (primary N) is 1. The number of aromatic nitrogens is 2. The number of piperidine rings is 1. The van der Waals surface area contributed by atoms with E-state index in [1.165, 1.54) is 10.9 Å². The number of carbonyl (C=O) groups is 2. The number of nitriles is 1. The fraction of sp³-hybridized carbons (Fsp3) is 0.600. The van der Waals surface area contributed by atoms with Crippen LogP contribution in [-0.4, -0.2) is 40.9 Å². The van der Waals surface area contributed by atoms with Gasteiger partial charge in [0.1, 0.15) is 17.3 Å². The van der Waals surface area contributed by atoms with E-state index in [9.17, 15) is 14.0 Å². The topological polar surface area (TPSA) is 126 Å². The van der Waals surface area contributed by atoms with Crippen molar-refractivity contribution in [3.8, 4) is 6.07 Å². The predicted molar refractivity (Wildman–Crippen MR) is 82.7 cm³/mol. The van der Waals surface area contributed by atoms with Gasteiger partial charge in [-0.05, 0) is 25.8 Å². The lowest BCUT2D eigenvalue weighted by atomic mass is 9.84. The van der Waals surface area contributed by atoms with E-state index in [2.05, 4.69) is 15.7 Å². The van der Waals surface area contributed by atoms with Crippen LogP contribution in [0, 0.1) is 17.2 Å². The number of nitrogens with zero attached hydrogens (tertiary/aromatic N) is 3. The third-order valence-corrected chi connectivity index (χ3v) is 4.65. The van der Waals surface area contributed by atoms with Crippen molar-refractivity contribution in [3.63, 3.8) is 0 Å². The summed E-state index contributed by atoms with van der Waals surface area (Å²) in [6.45, 7) is 0.620. The highest BCUT2D eigenvalue weighted by atomic mass is 19.1. The molecule has 2 atom stereocenters. The van der Waals surface area contributed by atoms with Crippen LogP contribution in [0.2, 0.25) is 0 Å². The average molecular weight is 334 g/mol. The van der Waals surface area contributed by atoms with Gasteiger partial charge in [-0.15, -0.1) is 0 Å². The molecule has 1 aromatic heterocycles. The molecule has 2 unspecified atom stereocenters. The van der Waals surface area contributed by atoms with Crippen molar-refractivity contribution in [2.45, 2.75) is 37.4 Å². The summed E-state index contributed by atoms with van der Waals surface area (Å²) in [6, 6.07) is 2.00. The zero-order valence-electron chi connectivity index (χ0n) is 13.1. The number of alkyl halides is 1. The molecule has 128 valence electrons. The quantitative estimate of drug-likeness (QED) is 0.712. The van der Waals surface area contributed by atoms with Gasteiger partial charge in [0.15, 0.2) is 5.82 Å². The maximum atomic E-state index is 14.6. The summed E-state index contributed by atoms with van der Waals surface area (Å²) in [6.07, 6.45) is 1.84. The zero-order chi connectivity index (χ0) is 17.3. The van der Waals surface area contributed by atoms with E-state index in [-0.39, 0.29) is 36.2 Å². The van der Waals surface area contributed by atoms with Crippen LogP contribution < -0.4 is 16.4 Å². The first-order valence-electron chi connectivity index (χ1n) is 7.90. The molecule has 8 nitrogen and oxygen atoms in total. The van der Waals surface area contributed by atoms with Crippen molar-refractivity contribution in [1.29, 1.82) is 5.26 Å². The molecule has 3 rings (SSSR count). The summed E-state index contributed by atoms with van der Waals surface area (Å²) in [5.74, 6) is -1.03. The fourth-order valence-electron chi connectivity index (χ4n) is 2.99. The third kappa shape index (κ3) is 2.85. The van der Waals surface area contributed by atoms with Gasteiger partial charge in [-0.2, -0.15) is 10.4 Å². The first kappa shape index (κ1) is 16.4. The molecular formula is C15H19FN6O2. The number of hydrogen-bond acceptors (Lipinski definition) is 5. The molecule has 1 aliphatic carbocycles. The Bertz CT molecular complexity index is 707. The first-order chi connectivity index (χ1) is 11.5. The molecule has 2 amide bonds. The van der Waals surface area contributed by atoms with Crippen molar-refractivity contribution in [2.24, 2.45) is 11.7 Å². The molecule has 2 fully saturated rings. The second kappa shape index (κ2) is 6.20. The van der Waals surface area contributed by atoms with Gasteiger partial charge >= 0.3 is 0 Å². The lowest BCUT2D eigenvalue weighted by molar-refractivity contribution is -0.117. The number of rotatable bonds is 5. The summed E-state index contributed by atoms with van der Waals surface area (Å²) in [5, 5.41) is 18.9. The minimum atomic E-state index is -1.35. The molecule has 1 aliphatic heterocycles. The van der Waals surface area contributed by atoms with Crippen molar-refractivity contribution in [2.75, 3.05) is 18.4 Å². The standard InChI is InChI=1S/C15H19FN6O2/c16-11-7-19-6-4-15(11,3-5-17)22-8-10(12(18)23)13(21-22)20-14(24)9-1-2-9/h8-9,11,19H,1-4,6-7H2,(H2,18,23)(H,20,21,24). The van der Waals surface area contributed by atoms with E-state index in [1.54, 1.807) is 0 Å². The van der Waals surface area contributed by atoms with E-state index in [4.69, 9.17) is 11.0 Å². The summed E-state index contributed by atoms with van der Waals surface area (Å²) in [5.41, 5.74) is 4.21. The van der Waals surface area contributed by atoms with Crippen LogP contribution in [0.15, 0.2) is 6.20 Å². The van der Waals surface area contributed by atoms with Crippen LogP contribution in [0.1, 0.15) is 36.0 Å². The molecule has 4 N–H and O–H groups in total.